The lowest BCUT2D eigenvalue weighted by Gasteiger charge is -2.33. The molecule has 17 heavy (non-hydrogen) atoms. The number of hydrogen-bond donors (Lipinski definition) is 1. The van der Waals surface area contributed by atoms with Gasteiger partial charge in [-0.05, 0) is 19.3 Å². The van der Waals surface area contributed by atoms with Crippen LogP contribution in [0.3, 0.4) is 0 Å². The van der Waals surface area contributed by atoms with E-state index in [0.29, 0.717) is 12.5 Å². The van der Waals surface area contributed by atoms with Gasteiger partial charge in [0.25, 0.3) is 0 Å². The smallest absolute Gasteiger partial charge is 0.241 e. The summed E-state index contributed by atoms with van der Waals surface area (Å²) in [4.78, 5) is 14.3. The van der Waals surface area contributed by atoms with E-state index in [1.54, 1.807) is 7.11 Å². The van der Waals surface area contributed by atoms with Crippen molar-refractivity contribution in [1.82, 2.24) is 10.2 Å². The van der Waals surface area contributed by atoms with E-state index in [1.165, 1.54) is 0 Å². The molecule has 0 spiro atoms. The van der Waals surface area contributed by atoms with Gasteiger partial charge in [-0.3, -0.25) is 10.1 Å². The lowest BCUT2D eigenvalue weighted by Crippen LogP contribution is -2.48. The van der Waals surface area contributed by atoms with E-state index in [4.69, 9.17) is 4.74 Å². The predicted molar refractivity (Wildman–Crippen MR) is 68.6 cm³/mol. The van der Waals surface area contributed by atoms with Crippen molar-refractivity contribution in [3.05, 3.63) is 0 Å². The number of carbonyl (C=O) groups excluding carboxylic acids is 1. The van der Waals surface area contributed by atoms with Gasteiger partial charge in [-0.15, -0.1) is 0 Å². The van der Waals surface area contributed by atoms with Gasteiger partial charge in [0.1, 0.15) is 0 Å². The number of ether oxygens (including phenoxy) is 1. The molecule has 0 aromatic rings. The van der Waals surface area contributed by atoms with Crippen molar-refractivity contribution in [2.24, 2.45) is 5.92 Å². The zero-order valence-electron chi connectivity index (χ0n) is 11.7. The molecule has 1 saturated heterocycles. The molecule has 1 aliphatic heterocycles. The van der Waals surface area contributed by atoms with Crippen LogP contribution >= 0.6 is 0 Å². The van der Waals surface area contributed by atoms with Crippen LogP contribution in [0.1, 0.15) is 40.5 Å². The van der Waals surface area contributed by atoms with Gasteiger partial charge >= 0.3 is 0 Å². The Morgan fingerprint density at radius 3 is 2.59 bits per heavy atom. The van der Waals surface area contributed by atoms with Gasteiger partial charge < -0.3 is 9.64 Å². The first-order valence-corrected chi connectivity index (χ1v) is 6.60. The normalized spacial score (nSPS) is 26.9. The molecule has 100 valence electrons. The number of nitrogens with zero attached hydrogens (tertiary/aromatic N) is 1. The molecule has 1 rings (SSSR count). The van der Waals surface area contributed by atoms with E-state index in [1.807, 2.05) is 4.90 Å². The molecule has 0 aromatic carbocycles. The number of rotatable bonds is 6. The minimum absolute atomic E-state index is 0.00638. The molecular weight excluding hydrogens is 216 g/mol. The molecule has 1 amide bonds. The number of nitrogens with one attached hydrogen (secondary N) is 1. The van der Waals surface area contributed by atoms with Crippen molar-refractivity contribution in [3.63, 3.8) is 0 Å². The number of amides is 1. The fourth-order valence-corrected chi connectivity index (χ4v) is 2.52. The first-order chi connectivity index (χ1) is 8.02. The third kappa shape index (κ3) is 3.19. The fraction of sp³-hybridized carbons (Fsp3) is 0.923. The molecule has 0 saturated carbocycles. The van der Waals surface area contributed by atoms with Gasteiger partial charge in [-0.25, -0.2) is 0 Å². The average molecular weight is 242 g/mol. The van der Waals surface area contributed by atoms with Crippen molar-refractivity contribution < 1.29 is 9.53 Å². The minimum Gasteiger partial charge on any atom is -0.383 e. The highest BCUT2D eigenvalue weighted by atomic mass is 16.5. The summed E-state index contributed by atoms with van der Waals surface area (Å²) in [7, 11) is 1.69. The molecule has 3 unspecified atom stereocenters. The van der Waals surface area contributed by atoms with Crippen molar-refractivity contribution in [3.8, 4) is 0 Å². The van der Waals surface area contributed by atoms with Gasteiger partial charge in [0.05, 0.1) is 24.9 Å². The van der Waals surface area contributed by atoms with E-state index in [2.05, 4.69) is 33.0 Å². The molecule has 0 aliphatic carbocycles. The second-order valence-corrected chi connectivity index (χ2v) is 5.20. The summed E-state index contributed by atoms with van der Waals surface area (Å²) >= 11 is 0. The van der Waals surface area contributed by atoms with Crippen LogP contribution in [0.25, 0.3) is 0 Å². The van der Waals surface area contributed by atoms with E-state index in [9.17, 15) is 4.79 Å². The first kappa shape index (κ1) is 14.5. The SMILES string of the molecule is CCCC1NC(C)N(C(COC)C(C)C)C1=O. The lowest BCUT2D eigenvalue weighted by molar-refractivity contribution is -0.134. The Balaban J connectivity index is 2.77. The summed E-state index contributed by atoms with van der Waals surface area (Å²) in [6.45, 7) is 9.04. The van der Waals surface area contributed by atoms with Crippen LogP contribution in [0.5, 0.6) is 0 Å². The standard InChI is InChI=1S/C13H26N2O2/c1-6-7-11-13(16)15(10(4)14-11)12(8-17-5)9(2)3/h9-12,14H,6-8H2,1-5H3. The maximum atomic E-state index is 12.3. The summed E-state index contributed by atoms with van der Waals surface area (Å²) in [5.74, 6) is 0.638. The van der Waals surface area contributed by atoms with Crippen LogP contribution in [0.15, 0.2) is 0 Å². The van der Waals surface area contributed by atoms with Gasteiger partial charge in [0.2, 0.25) is 5.91 Å². The Kier molecular flexibility index (Phi) is 5.40. The van der Waals surface area contributed by atoms with E-state index in [-0.39, 0.29) is 24.2 Å². The molecule has 0 radical (unpaired) electrons. The number of hydrogen-bond acceptors (Lipinski definition) is 3. The average Bonchev–Trinajstić information content (AvgIpc) is 2.52. The van der Waals surface area contributed by atoms with Gasteiger partial charge in [-0.1, -0.05) is 27.2 Å². The molecular formula is C13H26N2O2. The second-order valence-electron chi connectivity index (χ2n) is 5.20. The maximum absolute atomic E-state index is 12.3. The highest BCUT2D eigenvalue weighted by Gasteiger charge is 2.40. The molecule has 1 heterocycles. The highest BCUT2D eigenvalue weighted by Crippen LogP contribution is 2.21. The van der Waals surface area contributed by atoms with Crippen molar-refractivity contribution in [2.75, 3.05) is 13.7 Å². The Morgan fingerprint density at radius 1 is 1.47 bits per heavy atom. The molecule has 0 bridgehead atoms. The van der Waals surface area contributed by atoms with E-state index in [0.717, 1.165) is 12.8 Å². The third-order valence-electron chi connectivity index (χ3n) is 3.45. The molecule has 1 fully saturated rings. The Labute approximate surface area is 105 Å². The van der Waals surface area contributed by atoms with Crippen LogP contribution in [-0.4, -0.2) is 42.8 Å². The zero-order chi connectivity index (χ0) is 13.0. The first-order valence-electron chi connectivity index (χ1n) is 6.60. The van der Waals surface area contributed by atoms with Crippen molar-refractivity contribution in [2.45, 2.75) is 58.8 Å². The number of methoxy groups -OCH3 is 1. The van der Waals surface area contributed by atoms with E-state index < -0.39 is 0 Å². The second kappa shape index (κ2) is 6.36. The largest absolute Gasteiger partial charge is 0.383 e. The molecule has 1 N–H and O–H groups in total. The quantitative estimate of drug-likeness (QED) is 0.769. The Hall–Kier alpha value is -0.610. The molecule has 1 aliphatic rings. The van der Waals surface area contributed by atoms with Gasteiger partial charge in [-0.2, -0.15) is 0 Å². The van der Waals surface area contributed by atoms with Crippen molar-refractivity contribution in [1.29, 1.82) is 0 Å². The monoisotopic (exact) mass is 242 g/mol. The fourth-order valence-electron chi connectivity index (χ4n) is 2.52. The molecule has 4 heteroatoms. The molecule has 4 nitrogen and oxygen atoms in total. The molecule has 3 atom stereocenters. The number of carbonyl (C=O) groups is 1. The topological polar surface area (TPSA) is 41.6 Å². The van der Waals surface area contributed by atoms with Gasteiger partial charge in [0, 0.05) is 7.11 Å². The minimum atomic E-state index is -0.00638. The third-order valence-corrected chi connectivity index (χ3v) is 3.45. The Morgan fingerprint density at radius 2 is 2.12 bits per heavy atom. The summed E-state index contributed by atoms with van der Waals surface area (Å²) < 4.78 is 5.25. The lowest BCUT2D eigenvalue weighted by atomic mass is 10.0. The van der Waals surface area contributed by atoms with E-state index >= 15 is 0 Å². The summed E-state index contributed by atoms with van der Waals surface area (Å²) in [5, 5.41) is 3.37. The van der Waals surface area contributed by atoms with Crippen LogP contribution in [-0.2, 0) is 9.53 Å². The maximum Gasteiger partial charge on any atom is 0.241 e. The highest BCUT2D eigenvalue weighted by molar-refractivity contribution is 5.84. The zero-order valence-corrected chi connectivity index (χ0v) is 11.7. The van der Waals surface area contributed by atoms with Crippen LogP contribution < -0.4 is 5.32 Å². The Bertz CT molecular complexity index is 256. The van der Waals surface area contributed by atoms with Crippen LogP contribution in [0, 0.1) is 5.92 Å². The predicted octanol–water partition coefficient (Wildman–Crippen LogP) is 1.60. The summed E-state index contributed by atoms with van der Waals surface area (Å²) in [5.41, 5.74) is 0. The van der Waals surface area contributed by atoms with Crippen molar-refractivity contribution >= 4 is 5.91 Å². The van der Waals surface area contributed by atoms with Crippen LogP contribution in [0.2, 0.25) is 0 Å². The summed E-state index contributed by atoms with van der Waals surface area (Å²) in [6.07, 6.45) is 2.06. The molecule has 0 aromatic heterocycles. The van der Waals surface area contributed by atoms with Crippen LogP contribution in [0.4, 0.5) is 0 Å². The van der Waals surface area contributed by atoms with Gasteiger partial charge in [0.15, 0.2) is 0 Å². The summed E-state index contributed by atoms with van der Waals surface area (Å²) in [6, 6.07) is 0.157.